The number of hydrogen-bond donors (Lipinski definition) is 1. The number of nitrogens with zero attached hydrogens (tertiary/aromatic N) is 2. The SMILES string of the molecule is Cc1cn2c(=O)cc(-c3ccccc3F)nc2[nH]1. The average molecular weight is 243 g/mol. The molecule has 0 radical (unpaired) electrons. The standard InChI is InChI=1S/C13H10FN3O/c1-8-7-17-12(18)6-11(16-13(17)15-8)9-4-2-3-5-10(9)14/h2-7H,1H3,(H,15,16). The maximum atomic E-state index is 13.7. The number of halogens is 1. The molecule has 2 heterocycles. The highest BCUT2D eigenvalue weighted by molar-refractivity contribution is 5.61. The van der Waals surface area contributed by atoms with Crippen LogP contribution in [0.2, 0.25) is 0 Å². The van der Waals surface area contributed by atoms with Crippen LogP contribution in [-0.2, 0) is 0 Å². The van der Waals surface area contributed by atoms with Crippen molar-refractivity contribution in [3.05, 3.63) is 58.4 Å². The minimum Gasteiger partial charge on any atom is -0.328 e. The van der Waals surface area contributed by atoms with Gasteiger partial charge in [-0.1, -0.05) is 12.1 Å². The summed E-state index contributed by atoms with van der Waals surface area (Å²) in [5.41, 5.74) is 1.25. The number of rotatable bonds is 1. The van der Waals surface area contributed by atoms with Crippen molar-refractivity contribution >= 4 is 5.78 Å². The molecule has 0 aliphatic heterocycles. The maximum absolute atomic E-state index is 13.7. The maximum Gasteiger partial charge on any atom is 0.259 e. The van der Waals surface area contributed by atoms with Crippen molar-refractivity contribution in [3.8, 4) is 11.3 Å². The molecular weight excluding hydrogens is 233 g/mol. The van der Waals surface area contributed by atoms with E-state index in [1.165, 1.54) is 16.5 Å². The molecule has 2 aromatic heterocycles. The molecule has 1 aromatic carbocycles. The van der Waals surface area contributed by atoms with Gasteiger partial charge in [-0.25, -0.2) is 9.37 Å². The summed E-state index contributed by atoms with van der Waals surface area (Å²) < 4.78 is 15.1. The van der Waals surface area contributed by atoms with Crippen LogP contribution in [0.25, 0.3) is 17.0 Å². The molecule has 18 heavy (non-hydrogen) atoms. The van der Waals surface area contributed by atoms with E-state index in [-0.39, 0.29) is 5.56 Å². The molecule has 5 heteroatoms. The molecule has 3 aromatic rings. The summed E-state index contributed by atoms with van der Waals surface area (Å²) in [5.74, 6) is 0.0234. The fraction of sp³-hybridized carbons (Fsp3) is 0.0769. The van der Waals surface area contributed by atoms with Crippen molar-refractivity contribution in [2.45, 2.75) is 6.92 Å². The zero-order valence-electron chi connectivity index (χ0n) is 9.64. The molecule has 3 rings (SSSR count). The van der Waals surface area contributed by atoms with E-state index in [1.54, 1.807) is 24.4 Å². The van der Waals surface area contributed by atoms with Gasteiger partial charge in [0.1, 0.15) is 5.82 Å². The molecule has 0 aliphatic carbocycles. The van der Waals surface area contributed by atoms with E-state index >= 15 is 0 Å². The lowest BCUT2D eigenvalue weighted by molar-refractivity contribution is 0.630. The van der Waals surface area contributed by atoms with Crippen LogP contribution in [0.5, 0.6) is 0 Å². The van der Waals surface area contributed by atoms with E-state index in [4.69, 9.17) is 0 Å². The fourth-order valence-electron chi connectivity index (χ4n) is 1.91. The first-order chi connectivity index (χ1) is 8.65. The molecule has 1 N–H and O–H groups in total. The van der Waals surface area contributed by atoms with Crippen LogP contribution in [0.15, 0.2) is 41.3 Å². The van der Waals surface area contributed by atoms with Crippen molar-refractivity contribution in [1.29, 1.82) is 0 Å². The van der Waals surface area contributed by atoms with Gasteiger partial charge < -0.3 is 4.98 Å². The predicted octanol–water partition coefficient (Wildman–Crippen LogP) is 2.14. The van der Waals surface area contributed by atoms with Gasteiger partial charge >= 0.3 is 0 Å². The van der Waals surface area contributed by atoms with Crippen LogP contribution in [-0.4, -0.2) is 14.4 Å². The summed E-state index contributed by atoms with van der Waals surface area (Å²) in [6.07, 6.45) is 1.66. The van der Waals surface area contributed by atoms with Gasteiger partial charge in [-0.15, -0.1) is 0 Å². The van der Waals surface area contributed by atoms with Gasteiger partial charge in [-0.2, -0.15) is 0 Å². The number of aryl methyl sites for hydroxylation is 1. The molecular formula is C13H10FN3O. The summed E-state index contributed by atoms with van der Waals surface area (Å²) in [5, 5.41) is 0. The fourth-order valence-corrected chi connectivity index (χ4v) is 1.91. The largest absolute Gasteiger partial charge is 0.328 e. The Morgan fingerprint density at radius 3 is 2.89 bits per heavy atom. The molecule has 90 valence electrons. The van der Waals surface area contributed by atoms with Crippen molar-refractivity contribution < 1.29 is 4.39 Å². The average Bonchev–Trinajstić information content (AvgIpc) is 2.71. The minimum absolute atomic E-state index is 0.234. The second-order valence-corrected chi connectivity index (χ2v) is 4.09. The molecule has 0 bridgehead atoms. The van der Waals surface area contributed by atoms with Gasteiger partial charge in [0.2, 0.25) is 5.78 Å². The van der Waals surface area contributed by atoms with Crippen LogP contribution in [0.4, 0.5) is 4.39 Å². The van der Waals surface area contributed by atoms with Gasteiger partial charge in [0.05, 0.1) is 5.69 Å². The Balaban J connectivity index is 2.31. The molecule has 0 aliphatic rings. The van der Waals surface area contributed by atoms with Crippen LogP contribution in [0.1, 0.15) is 5.69 Å². The monoisotopic (exact) mass is 243 g/mol. The summed E-state index contributed by atoms with van der Waals surface area (Å²) >= 11 is 0. The number of benzene rings is 1. The predicted molar refractivity (Wildman–Crippen MR) is 65.9 cm³/mol. The Hall–Kier alpha value is -2.43. The van der Waals surface area contributed by atoms with E-state index in [9.17, 15) is 9.18 Å². The first kappa shape index (κ1) is 10.7. The van der Waals surface area contributed by atoms with Gasteiger partial charge in [0.25, 0.3) is 5.56 Å². The molecule has 0 amide bonds. The number of aromatic amines is 1. The van der Waals surface area contributed by atoms with Crippen LogP contribution >= 0.6 is 0 Å². The quantitative estimate of drug-likeness (QED) is 0.711. The van der Waals surface area contributed by atoms with Crippen LogP contribution in [0.3, 0.4) is 0 Å². The van der Waals surface area contributed by atoms with Crippen molar-refractivity contribution in [1.82, 2.24) is 14.4 Å². The smallest absolute Gasteiger partial charge is 0.259 e. The van der Waals surface area contributed by atoms with Gasteiger partial charge in [0.15, 0.2) is 0 Å². The number of fused-ring (bicyclic) bond motifs is 1. The lowest BCUT2D eigenvalue weighted by atomic mass is 10.1. The molecule has 0 saturated carbocycles. The van der Waals surface area contributed by atoms with Crippen molar-refractivity contribution in [2.24, 2.45) is 0 Å². The number of hydrogen-bond acceptors (Lipinski definition) is 2. The van der Waals surface area contributed by atoms with Gasteiger partial charge in [-0.05, 0) is 19.1 Å². The van der Waals surface area contributed by atoms with E-state index in [2.05, 4.69) is 9.97 Å². The molecule has 0 atom stereocenters. The third-order valence-electron chi connectivity index (χ3n) is 2.73. The second kappa shape index (κ2) is 3.80. The van der Waals surface area contributed by atoms with Crippen molar-refractivity contribution in [2.75, 3.05) is 0 Å². The minimum atomic E-state index is -0.392. The van der Waals surface area contributed by atoms with E-state index in [1.807, 2.05) is 6.92 Å². The van der Waals surface area contributed by atoms with Crippen LogP contribution < -0.4 is 5.56 Å². The Morgan fingerprint density at radius 1 is 1.33 bits per heavy atom. The number of aromatic nitrogens is 3. The first-order valence-corrected chi connectivity index (χ1v) is 5.49. The van der Waals surface area contributed by atoms with E-state index in [0.29, 0.717) is 17.0 Å². The highest BCUT2D eigenvalue weighted by atomic mass is 19.1. The molecule has 4 nitrogen and oxygen atoms in total. The highest BCUT2D eigenvalue weighted by Crippen LogP contribution is 2.19. The van der Waals surface area contributed by atoms with Gasteiger partial charge in [-0.3, -0.25) is 9.20 Å². The molecule has 0 unspecified atom stereocenters. The second-order valence-electron chi connectivity index (χ2n) is 4.09. The zero-order valence-corrected chi connectivity index (χ0v) is 9.64. The summed E-state index contributed by atoms with van der Waals surface area (Å²) in [6.45, 7) is 1.83. The van der Waals surface area contributed by atoms with Crippen molar-refractivity contribution in [3.63, 3.8) is 0 Å². The molecule has 0 spiro atoms. The summed E-state index contributed by atoms with van der Waals surface area (Å²) in [4.78, 5) is 19.1. The van der Waals surface area contributed by atoms with Gasteiger partial charge in [0, 0.05) is 23.5 Å². The Kier molecular flexibility index (Phi) is 2.26. The third kappa shape index (κ3) is 1.60. The number of H-pyrrole nitrogens is 1. The Morgan fingerprint density at radius 2 is 2.11 bits per heavy atom. The lowest BCUT2D eigenvalue weighted by Crippen LogP contribution is -2.12. The van der Waals surface area contributed by atoms with E-state index < -0.39 is 5.82 Å². The first-order valence-electron chi connectivity index (χ1n) is 5.49. The molecule has 0 fully saturated rings. The van der Waals surface area contributed by atoms with Crippen LogP contribution in [0, 0.1) is 12.7 Å². The Bertz CT molecular complexity index is 788. The summed E-state index contributed by atoms with van der Waals surface area (Å²) in [6, 6.07) is 7.59. The number of imidazole rings is 1. The topological polar surface area (TPSA) is 50.2 Å². The zero-order chi connectivity index (χ0) is 12.7. The highest BCUT2D eigenvalue weighted by Gasteiger charge is 2.09. The Labute approximate surface area is 102 Å². The summed E-state index contributed by atoms with van der Waals surface area (Å²) in [7, 11) is 0. The lowest BCUT2D eigenvalue weighted by Gasteiger charge is -2.02. The molecule has 0 saturated heterocycles. The third-order valence-corrected chi connectivity index (χ3v) is 2.73. The number of nitrogens with one attached hydrogen (secondary N) is 1. The van der Waals surface area contributed by atoms with E-state index in [0.717, 1.165) is 5.69 Å². The normalized spacial score (nSPS) is 11.0.